The lowest BCUT2D eigenvalue weighted by molar-refractivity contribution is -0.137. The SMILES string of the molecule is CC/C=C\C/C=C\C/C=C\CCCCCCCC(=O)O.OCCOCCN1CCN(C(c2ccccc2)c2ccc(Cl)cc2)CC1. The third kappa shape index (κ3) is 18.4. The number of rotatable bonds is 21. The van der Waals surface area contributed by atoms with E-state index < -0.39 is 5.97 Å². The summed E-state index contributed by atoms with van der Waals surface area (Å²) in [6.07, 6.45) is 23.4. The molecule has 254 valence electrons. The zero-order valence-corrected chi connectivity index (χ0v) is 28.7. The number of allylic oxidation sites excluding steroid dienone is 6. The Kier molecular flexibility index (Phi) is 22.6. The molecule has 1 fully saturated rings. The van der Waals surface area contributed by atoms with Gasteiger partial charge in [-0.15, -0.1) is 0 Å². The van der Waals surface area contributed by atoms with Crippen LogP contribution in [-0.4, -0.2) is 78.5 Å². The van der Waals surface area contributed by atoms with Gasteiger partial charge in [-0.1, -0.05) is 117 Å². The van der Waals surface area contributed by atoms with Crippen LogP contribution in [0.4, 0.5) is 0 Å². The molecule has 2 aromatic carbocycles. The lowest BCUT2D eigenvalue weighted by atomic mass is 9.96. The number of nitrogens with zero attached hydrogens (tertiary/aromatic N) is 2. The van der Waals surface area contributed by atoms with Gasteiger partial charge in [0.15, 0.2) is 0 Å². The molecular formula is C39H57ClN2O4. The summed E-state index contributed by atoms with van der Waals surface area (Å²) in [7, 11) is 0. The summed E-state index contributed by atoms with van der Waals surface area (Å²) in [4.78, 5) is 15.3. The number of hydrogen-bond donors (Lipinski definition) is 2. The second kappa shape index (κ2) is 26.3. The molecular weight excluding hydrogens is 596 g/mol. The number of carboxylic acid groups (broad SMARTS) is 1. The van der Waals surface area contributed by atoms with Gasteiger partial charge in [-0.05, 0) is 61.8 Å². The Labute approximate surface area is 283 Å². The molecule has 3 rings (SSSR count). The number of ether oxygens (including phenoxy) is 1. The van der Waals surface area contributed by atoms with E-state index in [1.807, 2.05) is 12.1 Å². The lowest BCUT2D eigenvalue weighted by Crippen LogP contribution is -2.48. The number of halogens is 1. The smallest absolute Gasteiger partial charge is 0.303 e. The summed E-state index contributed by atoms with van der Waals surface area (Å²) in [5.41, 5.74) is 2.59. The maximum atomic E-state index is 10.3. The van der Waals surface area contributed by atoms with Gasteiger partial charge >= 0.3 is 5.97 Å². The predicted octanol–water partition coefficient (Wildman–Crippen LogP) is 8.72. The highest BCUT2D eigenvalue weighted by Crippen LogP contribution is 2.30. The van der Waals surface area contributed by atoms with E-state index >= 15 is 0 Å². The summed E-state index contributed by atoms with van der Waals surface area (Å²) in [6.45, 7) is 8.35. The maximum Gasteiger partial charge on any atom is 0.303 e. The molecule has 0 amide bonds. The predicted molar refractivity (Wildman–Crippen MR) is 193 cm³/mol. The van der Waals surface area contributed by atoms with Gasteiger partial charge in [0.05, 0.1) is 25.9 Å². The number of aliphatic carboxylic acids is 1. The quantitative estimate of drug-likeness (QED) is 0.104. The fourth-order valence-corrected chi connectivity index (χ4v) is 5.52. The van der Waals surface area contributed by atoms with E-state index in [2.05, 4.69) is 95.6 Å². The first-order chi connectivity index (χ1) is 22.5. The fourth-order valence-electron chi connectivity index (χ4n) is 5.40. The minimum absolute atomic E-state index is 0.0909. The zero-order chi connectivity index (χ0) is 33.1. The fraction of sp³-hybridized carbons (Fsp3) is 0.513. The van der Waals surface area contributed by atoms with Crippen molar-refractivity contribution < 1.29 is 19.7 Å². The van der Waals surface area contributed by atoms with Crippen LogP contribution in [0.15, 0.2) is 91.1 Å². The Morgan fingerprint density at radius 2 is 1.41 bits per heavy atom. The number of carbonyl (C=O) groups is 1. The van der Waals surface area contributed by atoms with E-state index in [0.29, 0.717) is 19.6 Å². The molecule has 2 aromatic rings. The van der Waals surface area contributed by atoms with E-state index in [9.17, 15) is 4.79 Å². The minimum Gasteiger partial charge on any atom is -0.481 e. The Morgan fingerprint density at radius 3 is 2.07 bits per heavy atom. The van der Waals surface area contributed by atoms with Crippen LogP contribution in [0.2, 0.25) is 5.02 Å². The molecule has 1 aliphatic rings. The van der Waals surface area contributed by atoms with Crippen molar-refractivity contribution in [3.63, 3.8) is 0 Å². The molecule has 0 aliphatic carbocycles. The van der Waals surface area contributed by atoms with Crippen molar-refractivity contribution >= 4 is 17.6 Å². The van der Waals surface area contributed by atoms with Gasteiger partial charge in [0, 0.05) is 44.2 Å². The molecule has 7 heteroatoms. The van der Waals surface area contributed by atoms with Crippen molar-refractivity contribution in [1.29, 1.82) is 0 Å². The van der Waals surface area contributed by atoms with Crippen LogP contribution in [0.3, 0.4) is 0 Å². The Hall–Kier alpha value is -2.74. The molecule has 1 atom stereocenters. The molecule has 1 unspecified atom stereocenters. The van der Waals surface area contributed by atoms with Gasteiger partial charge in [-0.25, -0.2) is 0 Å². The molecule has 0 radical (unpaired) electrons. The third-order valence-corrected chi connectivity index (χ3v) is 8.15. The number of aliphatic hydroxyl groups excluding tert-OH is 1. The Bertz CT molecular complexity index is 1110. The first-order valence-electron chi connectivity index (χ1n) is 17.2. The van der Waals surface area contributed by atoms with Crippen LogP contribution < -0.4 is 0 Å². The van der Waals surface area contributed by atoms with Gasteiger partial charge in [-0.2, -0.15) is 0 Å². The molecule has 1 saturated heterocycles. The lowest BCUT2D eigenvalue weighted by Gasteiger charge is -2.39. The topological polar surface area (TPSA) is 73.2 Å². The number of carboxylic acids is 1. The largest absolute Gasteiger partial charge is 0.481 e. The van der Waals surface area contributed by atoms with E-state index in [1.165, 1.54) is 24.0 Å². The highest BCUT2D eigenvalue weighted by Gasteiger charge is 2.26. The average molecular weight is 653 g/mol. The van der Waals surface area contributed by atoms with Gasteiger partial charge in [0.2, 0.25) is 0 Å². The van der Waals surface area contributed by atoms with Crippen LogP contribution in [0.1, 0.15) is 88.3 Å². The van der Waals surface area contributed by atoms with Crippen molar-refractivity contribution in [3.8, 4) is 0 Å². The van der Waals surface area contributed by atoms with Gasteiger partial charge in [0.1, 0.15) is 0 Å². The molecule has 6 nitrogen and oxygen atoms in total. The standard InChI is InChI=1S/C21H27ClN2O2.C18H30O2/c22-20-8-6-19(7-9-20)21(18-4-2-1-3-5-18)24-12-10-23(11-13-24)14-16-26-17-15-25;1-2-3-4-5-6-7-8-9-10-11-12-13-14-15-16-17-18(19)20/h1-9,21,25H,10-17H2;3-4,6-7,9-10H,2,5,8,11-17H2,1H3,(H,19,20)/b;4-3-,7-6-,10-9-. The van der Waals surface area contributed by atoms with Gasteiger partial charge in [0.25, 0.3) is 0 Å². The molecule has 2 N–H and O–H groups in total. The van der Waals surface area contributed by atoms with Crippen LogP contribution >= 0.6 is 11.6 Å². The second-order valence-electron chi connectivity index (χ2n) is 11.6. The zero-order valence-electron chi connectivity index (χ0n) is 27.9. The van der Waals surface area contributed by atoms with E-state index in [0.717, 1.165) is 82.7 Å². The van der Waals surface area contributed by atoms with Crippen molar-refractivity contribution in [2.45, 2.75) is 77.2 Å². The Morgan fingerprint density at radius 1 is 0.804 bits per heavy atom. The summed E-state index contributed by atoms with van der Waals surface area (Å²) < 4.78 is 5.39. The van der Waals surface area contributed by atoms with Crippen molar-refractivity contribution in [1.82, 2.24) is 9.80 Å². The van der Waals surface area contributed by atoms with Crippen LogP contribution in [0.5, 0.6) is 0 Å². The number of hydrogen-bond acceptors (Lipinski definition) is 5. The molecule has 0 aromatic heterocycles. The van der Waals surface area contributed by atoms with E-state index in [4.69, 9.17) is 26.6 Å². The third-order valence-electron chi connectivity index (χ3n) is 7.90. The van der Waals surface area contributed by atoms with Gasteiger partial charge < -0.3 is 14.9 Å². The van der Waals surface area contributed by atoms with Crippen LogP contribution in [0.25, 0.3) is 0 Å². The highest BCUT2D eigenvalue weighted by atomic mass is 35.5. The van der Waals surface area contributed by atoms with E-state index in [1.54, 1.807) is 0 Å². The summed E-state index contributed by atoms with van der Waals surface area (Å²) in [5.74, 6) is -0.675. The molecule has 1 aliphatic heterocycles. The maximum absolute atomic E-state index is 10.3. The molecule has 0 saturated carbocycles. The monoisotopic (exact) mass is 652 g/mol. The highest BCUT2D eigenvalue weighted by molar-refractivity contribution is 6.30. The Balaban J connectivity index is 0.000000334. The number of benzene rings is 2. The number of aliphatic hydroxyl groups is 1. The molecule has 0 bridgehead atoms. The van der Waals surface area contributed by atoms with Crippen molar-refractivity contribution in [2.24, 2.45) is 0 Å². The summed E-state index contributed by atoms with van der Waals surface area (Å²) in [5, 5.41) is 18.0. The van der Waals surface area contributed by atoms with Crippen LogP contribution in [-0.2, 0) is 9.53 Å². The molecule has 46 heavy (non-hydrogen) atoms. The summed E-state index contributed by atoms with van der Waals surface area (Å²) in [6, 6.07) is 19.1. The van der Waals surface area contributed by atoms with Crippen molar-refractivity contribution in [3.05, 3.63) is 107 Å². The average Bonchev–Trinajstić information content (AvgIpc) is 3.07. The first kappa shape index (κ1) is 39.4. The minimum atomic E-state index is -0.675. The number of piperazine rings is 1. The van der Waals surface area contributed by atoms with Crippen LogP contribution in [0, 0.1) is 0 Å². The normalized spacial score (nSPS) is 15.0. The van der Waals surface area contributed by atoms with Crippen molar-refractivity contribution in [2.75, 3.05) is 52.5 Å². The second-order valence-corrected chi connectivity index (χ2v) is 12.0. The molecule has 0 spiro atoms. The molecule has 1 heterocycles. The first-order valence-corrected chi connectivity index (χ1v) is 17.5. The number of unbranched alkanes of at least 4 members (excludes halogenated alkanes) is 5. The van der Waals surface area contributed by atoms with E-state index in [-0.39, 0.29) is 12.6 Å². The van der Waals surface area contributed by atoms with Gasteiger partial charge in [-0.3, -0.25) is 14.6 Å². The summed E-state index contributed by atoms with van der Waals surface area (Å²) >= 11 is 6.09.